The van der Waals surface area contributed by atoms with Crippen LogP contribution in [0.2, 0.25) is 0 Å². The third-order valence-corrected chi connectivity index (χ3v) is 6.87. The predicted octanol–water partition coefficient (Wildman–Crippen LogP) is 4.83. The summed E-state index contributed by atoms with van der Waals surface area (Å²) in [5.74, 6) is -0.171. The topological polar surface area (TPSA) is 71.2 Å². The lowest BCUT2D eigenvalue weighted by Gasteiger charge is -2.30. The molecule has 0 saturated carbocycles. The van der Waals surface area contributed by atoms with Crippen LogP contribution in [0.15, 0.2) is 47.2 Å². The number of carbonyl (C=O) groups is 1. The molecule has 3 heterocycles. The molecule has 1 atom stereocenters. The Kier molecular flexibility index (Phi) is 6.04. The fourth-order valence-electron chi connectivity index (χ4n) is 3.46. The van der Waals surface area contributed by atoms with Gasteiger partial charge in [-0.3, -0.25) is 4.79 Å². The molecular formula is C21H24N4OS2. The minimum absolute atomic E-state index is 0.171. The van der Waals surface area contributed by atoms with Crippen LogP contribution in [0.5, 0.6) is 0 Å². The summed E-state index contributed by atoms with van der Waals surface area (Å²) >= 11 is 3.13. The van der Waals surface area contributed by atoms with E-state index >= 15 is 0 Å². The minimum atomic E-state index is -0.171. The quantitative estimate of drug-likeness (QED) is 0.644. The molecule has 5 nitrogen and oxygen atoms in total. The van der Waals surface area contributed by atoms with Crippen molar-refractivity contribution in [3.8, 4) is 9.88 Å². The van der Waals surface area contributed by atoms with Crippen molar-refractivity contribution < 1.29 is 4.79 Å². The molecule has 1 aliphatic heterocycles. The first-order chi connectivity index (χ1) is 13.7. The number of rotatable bonds is 4. The van der Waals surface area contributed by atoms with Crippen LogP contribution in [-0.4, -0.2) is 30.0 Å². The second kappa shape index (κ2) is 8.86. The van der Waals surface area contributed by atoms with Gasteiger partial charge in [0.25, 0.3) is 5.91 Å². The molecule has 0 radical (unpaired) electrons. The molecule has 1 saturated heterocycles. The average molecular weight is 413 g/mol. The first-order valence-electron chi connectivity index (χ1n) is 9.61. The number of thiophene rings is 1. The fourth-order valence-corrected chi connectivity index (χ4v) is 5.08. The fraction of sp³-hybridized carbons (Fsp3) is 0.333. The number of hydrogen-bond acceptors (Lipinski definition) is 6. The standard InChI is InChI=1S/C21H24N4OS2/c22-15-6-3-4-11-25(12-10-15)18-8-2-1-7-16(18)23-20(26)17-14-28-21(24-17)19-9-5-13-27-19/h1-2,5,7-9,13-15H,3-4,6,10-12,22H2,(H,23,26). The van der Waals surface area contributed by atoms with E-state index < -0.39 is 0 Å². The molecule has 1 aliphatic rings. The van der Waals surface area contributed by atoms with Gasteiger partial charge in [0.1, 0.15) is 10.7 Å². The van der Waals surface area contributed by atoms with Crippen LogP contribution in [-0.2, 0) is 0 Å². The largest absolute Gasteiger partial charge is 0.370 e. The summed E-state index contributed by atoms with van der Waals surface area (Å²) in [6, 6.07) is 12.3. The SMILES string of the molecule is NC1CCCCN(c2ccccc2NC(=O)c2csc(-c3cccs3)n2)CC1. The van der Waals surface area contributed by atoms with Crippen LogP contribution in [0.3, 0.4) is 0 Å². The Morgan fingerprint density at radius 2 is 2.00 bits per heavy atom. The lowest BCUT2D eigenvalue weighted by Crippen LogP contribution is -2.34. The Hall–Kier alpha value is -2.22. The maximum absolute atomic E-state index is 12.8. The monoisotopic (exact) mass is 412 g/mol. The van der Waals surface area contributed by atoms with Gasteiger partial charge in [-0.1, -0.05) is 24.6 Å². The molecule has 2 aromatic heterocycles. The molecule has 146 valence electrons. The number of benzene rings is 1. The molecule has 0 spiro atoms. The zero-order valence-corrected chi connectivity index (χ0v) is 17.3. The average Bonchev–Trinajstić information content (AvgIpc) is 3.37. The van der Waals surface area contributed by atoms with Crippen molar-refractivity contribution in [1.29, 1.82) is 0 Å². The molecule has 0 aliphatic carbocycles. The predicted molar refractivity (Wildman–Crippen MR) is 118 cm³/mol. The lowest BCUT2D eigenvalue weighted by atomic mass is 10.0. The van der Waals surface area contributed by atoms with Gasteiger partial charge in [-0.2, -0.15) is 0 Å². The highest BCUT2D eigenvalue weighted by atomic mass is 32.1. The normalized spacial score (nSPS) is 17.8. The van der Waals surface area contributed by atoms with Crippen LogP contribution in [0, 0.1) is 0 Å². The van der Waals surface area contributed by atoms with Gasteiger partial charge in [0.05, 0.1) is 16.3 Å². The van der Waals surface area contributed by atoms with Gasteiger partial charge in [-0.25, -0.2) is 4.98 Å². The second-order valence-corrected chi connectivity index (χ2v) is 8.82. The van der Waals surface area contributed by atoms with E-state index in [4.69, 9.17) is 5.73 Å². The summed E-state index contributed by atoms with van der Waals surface area (Å²) in [5, 5.41) is 7.78. The number of para-hydroxylation sites is 2. The number of nitrogens with one attached hydrogen (secondary N) is 1. The van der Waals surface area contributed by atoms with Crippen molar-refractivity contribution >= 4 is 40.0 Å². The van der Waals surface area contributed by atoms with Crippen molar-refractivity contribution in [3.05, 3.63) is 52.9 Å². The van der Waals surface area contributed by atoms with Crippen LogP contribution in [0.1, 0.15) is 36.2 Å². The molecule has 1 fully saturated rings. The Balaban J connectivity index is 1.51. The summed E-state index contributed by atoms with van der Waals surface area (Å²) in [5.41, 5.74) is 8.52. The molecule has 1 amide bonds. The molecular weight excluding hydrogens is 388 g/mol. The summed E-state index contributed by atoms with van der Waals surface area (Å²) in [4.78, 5) is 20.7. The highest BCUT2D eigenvalue weighted by Gasteiger charge is 2.18. The molecule has 3 aromatic rings. The molecule has 1 unspecified atom stereocenters. The minimum Gasteiger partial charge on any atom is -0.370 e. The van der Waals surface area contributed by atoms with Crippen LogP contribution in [0.4, 0.5) is 11.4 Å². The molecule has 7 heteroatoms. The van der Waals surface area contributed by atoms with Crippen molar-refractivity contribution in [2.75, 3.05) is 23.3 Å². The van der Waals surface area contributed by atoms with Crippen molar-refractivity contribution in [1.82, 2.24) is 4.98 Å². The number of thiazole rings is 1. The van der Waals surface area contributed by atoms with Gasteiger partial charge >= 0.3 is 0 Å². The number of amides is 1. The zero-order chi connectivity index (χ0) is 19.3. The zero-order valence-electron chi connectivity index (χ0n) is 15.6. The highest BCUT2D eigenvalue weighted by molar-refractivity contribution is 7.20. The van der Waals surface area contributed by atoms with Crippen molar-refractivity contribution in [2.24, 2.45) is 5.73 Å². The summed E-state index contributed by atoms with van der Waals surface area (Å²) in [6.45, 7) is 1.89. The van der Waals surface area contributed by atoms with E-state index in [0.717, 1.165) is 60.0 Å². The van der Waals surface area contributed by atoms with Crippen LogP contribution in [0.25, 0.3) is 9.88 Å². The lowest BCUT2D eigenvalue weighted by molar-refractivity contribution is 0.102. The van der Waals surface area contributed by atoms with E-state index in [2.05, 4.69) is 21.3 Å². The first-order valence-corrected chi connectivity index (χ1v) is 11.4. The number of nitrogens with two attached hydrogens (primary N) is 1. The van der Waals surface area contributed by atoms with E-state index in [1.807, 2.05) is 41.1 Å². The highest BCUT2D eigenvalue weighted by Crippen LogP contribution is 2.30. The molecule has 4 rings (SSSR count). The summed E-state index contributed by atoms with van der Waals surface area (Å²) in [6.07, 6.45) is 4.34. The van der Waals surface area contributed by atoms with Gasteiger partial charge in [0.2, 0.25) is 0 Å². The van der Waals surface area contributed by atoms with E-state index in [1.54, 1.807) is 11.3 Å². The Labute approximate surface area is 173 Å². The van der Waals surface area contributed by atoms with Crippen molar-refractivity contribution in [3.63, 3.8) is 0 Å². The third kappa shape index (κ3) is 4.43. The Morgan fingerprint density at radius 1 is 1.11 bits per heavy atom. The van der Waals surface area contributed by atoms with Gasteiger partial charge < -0.3 is 16.0 Å². The number of carbonyl (C=O) groups excluding carboxylic acids is 1. The van der Waals surface area contributed by atoms with Gasteiger partial charge in [-0.15, -0.1) is 22.7 Å². The van der Waals surface area contributed by atoms with Gasteiger partial charge in [0.15, 0.2) is 0 Å². The second-order valence-electron chi connectivity index (χ2n) is 7.02. The van der Waals surface area contributed by atoms with Gasteiger partial charge in [0, 0.05) is 24.5 Å². The van der Waals surface area contributed by atoms with Crippen LogP contribution >= 0.6 is 22.7 Å². The Morgan fingerprint density at radius 3 is 2.86 bits per heavy atom. The molecule has 28 heavy (non-hydrogen) atoms. The maximum Gasteiger partial charge on any atom is 0.275 e. The Bertz CT molecular complexity index is 922. The van der Waals surface area contributed by atoms with Crippen molar-refractivity contribution in [2.45, 2.75) is 31.7 Å². The third-order valence-electron chi connectivity index (χ3n) is 4.98. The number of anilines is 2. The van der Waals surface area contributed by atoms with Crippen LogP contribution < -0.4 is 16.0 Å². The van der Waals surface area contributed by atoms with Gasteiger partial charge in [-0.05, 0) is 42.8 Å². The van der Waals surface area contributed by atoms with E-state index in [-0.39, 0.29) is 11.9 Å². The summed E-state index contributed by atoms with van der Waals surface area (Å²) in [7, 11) is 0. The first kappa shape index (κ1) is 19.1. The molecule has 0 bridgehead atoms. The van der Waals surface area contributed by atoms with E-state index in [0.29, 0.717) is 5.69 Å². The number of nitrogens with zero attached hydrogens (tertiary/aromatic N) is 2. The van der Waals surface area contributed by atoms with E-state index in [9.17, 15) is 4.79 Å². The smallest absolute Gasteiger partial charge is 0.275 e. The molecule has 1 aromatic carbocycles. The maximum atomic E-state index is 12.8. The van der Waals surface area contributed by atoms with E-state index in [1.165, 1.54) is 11.3 Å². The number of aromatic nitrogens is 1. The molecule has 3 N–H and O–H groups in total. The number of hydrogen-bond donors (Lipinski definition) is 2. The summed E-state index contributed by atoms with van der Waals surface area (Å²) < 4.78 is 0.